The Morgan fingerprint density at radius 2 is 1.86 bits per heavy atom. The van der Waals surface area contributed by atoms with E-state index in [-0.39, 0.29) is 0 Å². The second-order valence-corrected chi connectivity index (χ2v) is 5.77. The van der Waals surface area contributed by atoms with E-state index in [2.05, 4.69) is 46.1 Å². The quantitative estimate of drug-likeness (QED) is 0.650. The number of nitrogens with zero attached hydrogens (tertiary/aromatic N) is 1. The van der Waals surface area contributed by atoms with Crippen molar-refractivity contribution in [2.24, 2.45) is 0 Å². The first-order chi connectivity index (χ1) is 10.2. The first kappa shape index (κ1) is 18.3. The standard InChI is InChI=1S/C16H27BrN2O2/c1-5-19(6-2)9-7-8-18-12-13-10-14(17)11-15(20-3)16(13)21-4/h10-11,18H,5-9,12H2,1-4H3. The minimum absolute atomic E-state index is 0.756. The summed E-state index contributed by atoms with van der Waals surface area (Å²) in [6.45, 7) is 9.55. The van der Waals surface area contributed by atoms with Crippen LogP contribution < -0.4 is 14.8 Å². The number of ether oxygens (including phenoxy) is 2. The second-order valence-electron chi connectivity index (χ2n) is 4.86. The summed E-state index contributed by atoms with van der Waals surface area (Å²) in [5, 5.41) is 3.48. The van der Waals surface area contributed by atoms with Crippen molar-refractivity contribution in [3.8, 4) is 11.5 Å². The molecule has 1 N–H and O–H groups in total. The summed E-state index contributed by atoms with van der Waals surface area (Å²) in [5.74, 6) is 1.56. The van der Waals surface area contributed by atoms with E-state index < -0.39 is 0 Å². The van der Waals surface area contributed by atoms with E-state index in [4.69, 9.17) is 9.47 Å². The van der Waals surface area contributed by atoms with Gasteiger partial charge in [-0.15, -0.1) is 0 Å². The zero-order valence-corrected chi connectivity index (χ0v) is 15.1. The van der Waals surface area contributed by atoms with Gasteiger partial charge in [-0.3, -0.25) is 0 Å². The number of benzene rings is 1. The Morgan fingerprint density at radius 3 is 2.43 bits per heavy atom. The van der Waals surface area contributed by atoms with Crippen LogP contribution in [0.5, 0.6) is 11.5 Å². The fraction of sp³-hybridized carbons (Fsp3) is 0.625. The van der Waals surface area contributed by atoms with Crippen molar-refractivity contribution in [2.45, 2.75) is 26.8 Å². The molecule has 0 amide bonds. The molecule has 1 rings (SSSR count). The molecule has 0 aliphatic heterocycles. The molecule has 21 heavy (non-hydrogen) atoms. The third kappa shape index (κ3) is 5.85. The number of hydrogen-bond acceptors (Lipinski definition) is 4. The number of rotatable bonds is 10. The van der Waals surface area contributed by atoms with Crippen LogP contribution in [0.2, 0.25) is 0 Å². The van der Waals surface area contributed by atoms with Gasteiger partial charge in [0.25, 0.3) is 0 Å². The van der Waals surface area contributed by atoms with Gasteiger partial charge in [-0.05, 0) is 44.7 Å². The predicted octanol–water partition coefficient (Wildman–Crippen LogP) is 3.29. The zero-order chi connectivity index (χ0) is 15.7. The van der Waals surface area contributed by atoms with E-state index in [0.717, 1.165) is 60.7 Å². The lowest BCUT2D eigenvalue weighted by molar-refractivity contribution is 0.297. The summed E-state index contributed by atoms with van der Waals surface area (Å²) >= 11 is 3.51. The molecule has 0 bridgehead atoms. The van der Waals surface area contributed by atoms with Crippen molar-refractivity contribution in [3.63, 3.8) is 0 Å². The van der Waals surface area contributed by atoms with Crippen LogP contribution in [-0.4, -0.2) is 45.3 Å². The smallest absolute Gasteiger partial charge is 0.165 e. The Hall–Kier alpha value is -0.780. The maximum Gasteiger partial charge on any atom is 0.165 e. The van der Waals surface area contributed by atoms with Crippen LogP contribution in [0.4, 0.5) is 0 Å². The molecule has 4 nitrogen and oxygen atoms in total. The van der Waals surface area contributed by atoms with Gasteiger partial charge in [0.1, 0.15) is 0 Å². The van der Waals surface area contributed by atoms with Crippen LogP contribution in [0.3, 0.4) is 0 Å². The van der Waals surface area contributed by atoms with Gasteiger partial charge in [-0.1, -0.05) is 29.8 Å². The molecule has 0 saturated carbocycles. The van der Waals surface area contributed by atoms with Crippen LogP contribution in [0, 0.1) is 0 Å². The lowest BCUT2D eigenvalue weighted by Gasteiger charge is -2.18. The van der Waals surface area contributed by atoms with Crippen LogP contribution in [-0.2, 0) is 6.54 Å². The number of methoxy groups -OCH3 is 2. The molecule has 0 atom stereocenters. The third-order valence-corrected chi connectivity index (χ3v) is 4.02. The van der Waals surface area contributed by atoms with E-state index in [1.54, 1.807) is 14.2 Å². The molecule has 0 radical (unpaired) electrons. The van der Waals surface area contributed by atoms with Crippen molar-refractivity contribution < 1.29 is 9.47 Å². The van der Waals surface area contributed by atoms with Crippen molar-refractivity contribution in [3.05, 3.63) is 22.2 Å². The molecule has 1 aromatic rings. The van der Waals surface area contributed by atoms with E-state index >= 15 is 0 Å². The highest BCUT2D eigenvalue weighted by Gasteiger charge is 2.11. The lowest BCUT2D eigenvalue weighted by atomic mass is 10.2. The van der Waals surface area contributed by atoms with Crippen molar-refractivity contribution in [1.82, 2.24) is 10.2 Å². The SMILES string of the molecule is CCN(CC)CCCNCc1cc(Br)cc(OC)c1OC. The topological polar surface area (TPSA) is 33.7 Å². The Morgan fingerprint density at radius 1 is 1.14 bits per heavy atom. The highest BCUT2D eigenvalue weighted by molar-refractivity contribution is 9.10. The molecular formula is C16H27BrN2O2. The molecule has 0 unspecified atom stereocenters. The Balaban J connectivity index is 2.50. The zero-order valence-electron chi connectivity index (χ0n) is 13.5. The van der Waals surface area contributed by atoms with Gasteiger partial charge < -0.3 is 19.7 Å². The summed E-state index contributed by atoms with van der Waals surface area (Å²) in [6.07, 6.45) is 1.15. The molecule has 0 aromatic heterocycles. The summed E-state index contributed by atoms with van der Waals surface area (Å²) in [7, 11) is 3.33. The number of hydrogen-bond donors (Lipinski definition) is 1. The Kier molecular flexibility index (Phi) is 8.73. The molecule has 0 spiro atoms. The molecule has 0 aliphatic rings. The lowest BCUT2D eigenvalue weighted by Crippen LogP contribution is -2.27. The molecule has 120 valence electrons. The van der Waals surface area contributed by atoms with Crippen molar-refractivity contribution in [2.75, 3.05) is 40.4 Å². The molecule has 0 aliphatic carbocycles. The monoisotopic (exact) mass is 358 g/mol. The first-order valence-electron chi connectivity index (χ1n) is 7.49. The van der Waals surface area contributed by atoms with Gasteiger partial charge in [0.05, 0.1) is 14.2 Å². The fourth-order valence-electron chi connectivity index (χ4n) is 2.33. The summed E-state index contributed by atoms with van der Waals surface area (Å²) < 4.78 is 11.8. The third-order valence-electron chi connectivity index (χ3n) is 3.56. The first-order valence-corrected chi connectivity index (χ1v) is 8.28. The Labute approximate surface area is 136 Å². The molecule has 0 saturated heterocycles. The van der Waals surface area contributed by atoms with Gasteiger partial charge in [0, 0.05) is 16.6 Å². The second kappa shape index (κ2) is 10.0. The predicted molar refractivity (Wildman–Crippen MR) is 91.4 cm³/mol. The molecule has 1 aromatic carbocycles. The van der Waals surface area contributed by atoms with E-state index in [1.165, 1.54) is 0 Å². The maximum absolute atomic E-state index is 5.46. The molecule has 5 heteroatoms. The maximum atomic E-state index is 5.46. The number of halogens is 1. The summed E-state index contributed by atoms with van der Waals surface area (Å²) in [6, 6.07) is 3.99. The normalized spacial score (nSPS) is 11.0. The Bertz CT molecular complexity index is 423. The minimum Gasteiger partial charge on any atom is -0.493 e. The van der Waals surface area contributed by atoms with Gasteiger partial charge in [-0.25, -0.2) is 0 Å². The van der Waals surface area contributed by atoms with E-state index in [9.17, 15) is 0 Å². The molecule has 0 fully saturated rings. The van der Waals surface area contributed by atoms with Crippen LogP contribution in [0.1, 0.15) is 25.8 Å². The van der Waals surface area contributed by atoms with Crippen LogP contribution in [0.15, 0.2) is 16.6 Å². The van der Waals surface area contributed by atoms with Crippen molar-refractivity contribution in [1.29, 1.82) is 0 Å². The average molecular weight is 359 g/mol. The van der Waals surface area contributed by atoms with Gasteiger partial charge in [0.15, 0.2) is 11.5 Å². The van der Waals surface area contributed by atoms with Gasteiger partial charge in [-0.2, -0.15) is 0 Å². The fourth-order valence-corrected chi connectivity index (χ4v) is 2.81. The summed E-state index contributed by atoms with van der Waals surface area (Å²) in [4.78, 5) is 2.43. The van der Waals surface area contributed by atoms with Crippen LogP contribution in [0.25, 0.3) is 0 Å². The average Bonchev–Trinajstić information content (AvgIpc) is 2.50. The molecule has 0 heterocycles. The van der Waals surface area contributed by atoms with E-state index in [0.29, 0.717) is 0 Å². The highest BCUT2D eigenvalue weighted by Crippen LogP contribution is 2.34. The minimum atomic E-state index is 0.756. The van der Waals surface area contributed by atoms with Crippen LogP contribution >= 0.6 is 15.9 Å². The number of nitrogens with one attached hydrogen (secondary N) is 1. The van der Waals surface area contributed by atoms with Crippen molar-refractivity contribution >= 4 is 15.9 Å². The highest BCUT2D eigenvalue weighted by atomic mass is 79.9. The van der Waals surface area contributed by atoms with E-state index in [1.807, 2.05) is 6.07 Å². The van der Waals surface area contributed by atoms with Gasteiger partial charge >= 0.3 is 0 Å². The van der Waals surface area contributed by atoms with Gasteiger partial charge in [0.2, 0.25) is 0 Å². The molecular weight excluding hydrogens is 332 g/mol. The summed E-state index contributed by atoms with van der Waals surface area (Å²) in [5.41, 5.74) is 1.10. The largest absolute Gasteiger partial charge is 0.493 e.